The van der Waals surface area contributed by atoms with E-state index in [0.29, 0.717) is 6.04 Å². The zero-order valence-electron chi connectivity index (χ0n) is 14.7. The summed E-state index contributed by atoms with van der Waals surface area (Å²) in [5.41, 5.74) is 0. The number of rotatable bonds is 10. The van der Waals surface area contributed by atoms with Crippen molar-refractivity contribution >= 4 is 5.96 Å². The minimum absolute atomic E-state index is 0.463. The van der Waals surface area contributed by atoms with Crippen LogP contribution in [0.3, 0.4) is 0 Å². The van der Waals surface area contributed by atoms with Crippen LogP contribution in [0.5, 0.6) is 0 Å². The number of nitrogens with one attached hydrogen (secondary N) is 2. The van der Waals surface area contributed by atoms with Gasteiger partial charge in [-0.3, -0.25) is 4.99 Å². The van der Waals surface area contributed by atoms with Gasteiger partial charge in [0.05, 0.1) is 6.33 Å². The van der Waals surface area contributed by atoms with Crippen molar-refractivity contribution in [2.24, 2.45) is 10.9 Å². The predicted molar refractivity (Wildman–Crippen MR) is 94.1 cm³/mol. The molecule has 1 aromatic heterocycles. The molecule has 1 heterocycles. The summed E-state index contributed by atoms with van der Waals surface area (Å²) in [6, 6.07) is 0.463. The highest BCUT2D eigenvalue weighted by Crippen LogP contribution is 2.08. The molecule has 1 unspecified atom stereocenters. The van der Waals surface area contributed by atoms with E-state index in [-0.39, 0.29) is 0 Å². The van der Waals surface area contributed by atoms with E-state index in [1.165, 1.54) is 19.3 Å². The topological polar surface area (TPSA) is 54.2 Å². The van der Waals surface area contributed by atoms with Crippen molar-refractivity contribution in [2.75, 3.05) is 13.1 Å². The van der Waals surface area contributed by atoms with Crippen molar-refractivity contribution in [2.45, 2.75) is 66.0 Å². The van der Waals surface area contributed by atoms with E-state index in [9.17, 15) is 0 Å². The molecule has 0 saturated heterocycles. The average molecular weight is 307 g/mol. The van der Waals surface area contributed by atoms with Gasteiger partial charge in [0.2, 0.25) is 0 Å². The van der Waals surface area contributed by atoms with Crippen LogP contribution >= 0.6 is 0 Å². The van der Waals surface area contributed by atoms with Gasteiger partial charge in [0.1, 0.15) is 0 Å². The highest BCUT2D eigenvalue weighted by molar-refractivity contribution is 5.79. The molecule has 0 bridgehead atoms. The lowest BCUT2D eigenvalue weighted by molar-refractivity contribution is 0.491. The van der Waals surface area contributed by atoms with Gasteiger partial charge in [-0.05, 0) is 32.6 Å². The Kier molecular flexibility index (Phi) is 9.35. The highest BCUT2D eigenvalue weighted by atomic mass is 15.2. The van der Waals surface area contributed by atoms with Crippen LogP contribution in [0.2, 0.25) is 0 Å². The summed E-state index contributed by atoms with van der Waals surface area (Å²) in [6.45, 7) is 11.6. The first-order valence-electron chi connectivity index (χ1n) is 8.62. The third-order valence-electron chi connectivity index (χ3n) is 3.55. The first-order chi connectivity index (χ1) is 10.6. The van der Waals surface area contributed by atoms with Crippen LogP contribution < -0.4 is 10.6 Å². The maximum atomic E-state index is 4.66. The van der Waals surface area contributed by atoms with E-state index in [2.05, 4.69) is 52.9 Å². The normalized spacial score (nSPS) is 13.4. The first-order valence-corrected chi connectivity index (χ1v) is 8.62. The molecule has 0 fully saturated rings. The predicted octanol–water partition coefficient (Wildman–Crippen LogP) is 3.04. The number of imidazole rings is 1. The van der Waals surface area contributed by atoms with Gasteiger partial charge < -0.3 is 15.2 Å². The largest absolute Gasteiger partial charge is 0.357 e. The quantitative estimate of drug-likeness (QED) is 0.397. The molecule has 126 valence electrons. The molecule has 0 aliphatic heterocycles. The van der Waals surface area contributed by atoms with Gasteiger partial charge in [-0.15, -0.1) is 0 Å². The van der Waals surface area contributed by atoms with Crippen molar-refractivity contribution < 1.29 is 0 Å². The molecule has 0 aliphatic rings. The molecule has 1 rings (SSSR count). The fourth-order valence-corrected chi connectivity index (χ4v) is 2.32. The molecule has 0 aromatic carbocycles. The van der Waals surface area contributed by atoms with Crippen LogP contribution in [0.15, 0.2) is 23.7 Å². The Morgan fingerprint density at radius 3 is 2.68 bits per heavy atom. The third-order valence-corrected chi connectivity index (χ3v) is 3.55. The van der Waals surface area contributed by atoms with Crippen molar-refractivity contribution in [1.82, 2.24) is 20.2 Å². The van der Waals surface area contributed by atoms with Crippen LogP contribution in [0.25, 0.3) is 0 Å². The monoisotopic (exact) mass is 307 g/mol. The number of guanidine groups is 1. The summed E-state index contributed by atoms with van der Waals surface area (Å²) in [5, 5.41) is 6.83. The zero-order chi connectivity index (χ0) is 16.2. The number of aliphatic imine (C=N–C) groups is 1. The SMILES string of the molecule is CCNC(=NCCCn1ccnc1)NC(C)CCCC(C)C. The van der Waals surface area contributed by atoms with Crippen molar-refractivity contribution in [3.63, 3.8) is 0 Å². The number of aromatic nitrogens is 2. The lowest BCUT2D eigenvalue weighted by Crippen LogP contribution is -2.42. The average Bonchev–Trinajstić information content (AvgIpc) is 2.96. The van der Waals surface area contributed by atoms with Gasteiger partial charge in [0.15, 0.2) is 5.96 Å². The molecular weight excluding hydrogens is 274 g/mol. The van der Waals surface area contributed by atoms with Gasteiger partial charge in [0.25, 0.3) is 0 Å². The van der Waals surface area contributed by atoms with E-state index >= 15 is 0 Å². The Balaban J connectivity index is 2.28. The summed E-state index contributed by atoms with van der Waals surface area (Å²) >= 11 is 0. The van der Waals surface area contributed by atoms with Crippen LogP contribution in [0.4, 0.5) is 0 Å². The Hall–Kier alpha value is -1.52. The molecule has 2 N–H and O–H groups in total. The maximum Gasteiger partial charge on any atom is 0.191 e. The first kappa shape index (κ1) is 18.5. The minimum Gasteiger partial charge on any atom is -0.357 e. The third kappa shape index (κ3) is 8.70. The Morgan fingerprint density at radius 2 is 2.05 bits per heavy atom. The van der Waals surface area contributed by atoms with Gasteiger partial charge in [-0.2, -0.15) is 0 Å². The van der Waals surface area contributed by atoms with E-state index in [4.69, 9.17) is 0 Å². The lowest BCUT2D eigenvalue weighted by atomic mass is 10.0. The van der Waals surface area contributed by atoms with E-state index < -0.39 is 0 Å². The Bertz CT molecular complexity index is 397. The van der Waals surface area contributed by atoms with Gasteiger partial charge in [-0.25, -0.2) is 4.98 Å². The summed E-state index contributed by atoms with van der Waals surface area (Å²) in [4.78, 5) is 8.70. The summed E-state index contributed by atoms with van der Waals surface area (Å²) in [6.07, 6.45) is 10.4. The maximum absolute atomic E-state index is 4.66. The number of hydrogen-bond acceptors (Lipinski definition) is 2. The van der Waals surface area contributed by atoms with Gasteiger partial charge >= 0.3 is 0 Å². The van der Waals surface area contributed by atoms with Gasteiger partial charge in [0, 0.05) is 38.1 Å². The van der Waals surface area contributed by atoms with E-state index in [1.807, 2.05) is 18.7 Å². The molecular formula is C17H33N5. The van der Waals surface area contributed by atoms with Crippen LogP contribution in [-0.2, 0) is 6.54 Å². The summed E-state index contributed by atoms with van der Waals surface area (Å²) in [5.74, 6) is 1.72. The molecule has 0 aliphatic carbocycles. The van der Waals surface area contributed by atoms with Gasteiger partial charge in [-0.1, -0.05) is 26.7 Å². The van der Waals surface area contributed by atoms with Crippen LogP contribution in [0, 0.1) is 5.92 Å². The summed E-state index contributed by atoms with van der Waals surface area (Å²) in [7, 11) is 0. The molecule has 5 nitrogen and oxygen atoms in total. The second kappa shape index (κ2) is 11.1. The summed E-state index contributed by atoms with van der Waals surface area (Å²) < 4.78 is 2.09. The highest BCUT2D eigenvalue weighted by Gasteiger charge is 2.05. The molecule has 0 amide bonds. The smallest absolute Gasteiger partial charge is 0.191 e. The fourth-order valence-electron chi connectivity index (χ4n) is 2.32. The second-order valence-corrected chi connectivity index (χ2v) is 6.28. The molecule has 0 radical (unpaired) electrons. The molecule has 1 atom stereocenters. The van der Waals surface area contributed by atoms with Crippen molar-refractivity contribution in [1.29, 1.82) is 0 Å². The Morgan fingerprint density at radius 1 is 1.23 bits per heavy atom. The number of aryl methyl sites for hydroxylation is 1. The van der Waals surface area contributed by atoms with E-state index in [0.717, 1.165) is 37.9 Å². The zero-order valence-corrected chi connectivity index (χ0v) is 14.7. The van der Waals surface area contributed by atoms with Crippen LogP contribution in [0.1, 0.15) is 53.4 Å². The molecule has 22 heavy (non-hydrogen) atoms. The standard InChI is InChI=1S/C17H33N5/c1-5-19-17(21-16(4)9-6-8-15(2)3)20-10-7-12-22-13-11-18-14-22/h11,13-16H,5-10,12H2,1-4H3,(H2,19,20,21). The Labute approximate surface area is 135 Å². The molecule has 0 spiro atoms. The molecule has 5 heteroatoms. The van der Waals surface area contributed by atoms with E-state index in [1.54, 1.807) is 0 Å². The number of hydrogen-bond donors (Lipinski definition) is 2. The van der Waals surface area contributed by atoms with Crippen molar-refractivity contribution in [3.05, 3.63) is 18.7 Å². The lowest BCUT2D eigenvalue weighted by Gasteiger charge is -2.18. The number of nitrogens with zero attached hydrogens (tertiary/aromatic N) is 3. The molecule has 0 saturated carbocycles. The minimum atomic E-state index is 0.463. The van der Waals surface area contributed by atoms with Crippen molar-refractivity contribution in [3.8, 4) is 0 Å². The fraction of sp³-hybridized carbons (Fsp3) is 0.765. The molecule has 1 aromatic rings. The second-order valence-electron chi connectivity index (χ2n) is 6.28. The van der Waals surface area contributed by atoms with Crippen LogP contribution in [-0.4, -0.2) is 34.6 Å².